The molecule has 0 atom stereocenters. The van der Waals surface area contributed by atoms with Crippen LogP contribution < -0.4 is 10.2 Å². The predicted molar refractivity (Wildman–Crippen MR) is 54.6 cm³/mol. The maximum absolute atomic E-state index is 10.6. The van der Waals surface area contributed by atoms with Crippen molar-refractivity contribution in [1.82, 2.24) is 0 Å². The molecule has 0 unspecified atom stereocenters. The fourth-order valence-electron chi connectivity index (χ4n) is 1.67. The zero-order valence-corrected chi connectivity index (χ0v) is 7.90. The molecule has 5 nitrogen and oxygen atoms in total. The van der Waals surface area contributed by atoms with E-state index in [2.05, 4.69) is 11.4 Å². The minimum atomic E-state index is -0.905. The summed E-state index contributed by atoms with van der Waals surface area (Å²) in [6, 6.07) is 7.34. The van der Waals surface area contributed by atoms with Crippen LogP contribution in [0.3, 0.4) is 0 Å². The van der Waals surface area contributed by atoms with Gasteiger partial charge in [-0.05, 0) is 12.1 Å². The van der Waals surface area contributed by atoms with Crippen molar-refractivity contribution in [1.29, 1.82) is 5.26 Å². The lowest BCUT2D eigenvalue weighted by molar-refractivity contribution is -0.135. The molecule has 0 fully saturated rings. The van der Waals surface area contributed by atoms with E-state index in [0.717, 1.165) is 5.69 Å². The SMILES string of the molecule is N#Cc1cccc2c1N(CC(=O)O)CN2. The molecule has 0 spiro atoms. The number of carboxylic acid groups (broad SMARTS) is 1. The standard InChI is InChI=1S/C10H9N3O2/c11-4-7-2-1-3-8-10(7)13(6-12-8)5-9(14)15/h1-3,12H,5-6H2,(H,14,15). The first-order chi connectivity index (χ1) is 7.22. The van der Waals surface area contributed by atoms with Crippen molar-refractivity contribution < 1.29 is 9.90 Å². The third-order valence-electron chi connectivity index (χ3n) is 2.26. The molecule has 0 saturated heterocycles. The van der Waals surface area contributed by atoms with Crippen LogP contribution in [0.25, 0.3) is 0 Å². The number of nitriles is 1. The highest BCUT2D eigenvalue weighted by Gasteiger charge is 2.23. The highest BCUT2D eigenvalue weighted by molar-refractivity contribution is 5.84. The van der Waals surface area contributed by atoms with Crippen LogP contribution in [0, 0.1) is 11.3 Å². The van der Waals surface area contributed by atoms with E-state index in [1.165, 1.54) is 0 Å². The quantitative estimate of drug-likeness (QED) is 0.744. The number of carbonyl (C=O) groups is 1. The number of nitrogens with one attached hydrogen (secondary N) is 1. The van der Waals surface area contributed by atoms with Crippen molar-refractivity contribution in [3.05, 3.63) is 23.8 Å². The number of fused-ring (bicyclic) bond motifs is 1. The highest BCUT2D eigenvalue weighted by atomic mass is 16.4. The molecule has 0 amide bonds. The first-order valence-electron chi connectivity index (χ1n) is 4.46. The monoisotopic (exact) mass is 203 g/mol. The van der Waals surface area contributed by atoms with Gasteiger partial charge >= 0.3 is 5.97 Å². The van der Waals surface area contributed by atoms with Crippen LogP contribution in [0.1, 0.15) is 5.56 Å². The van der Waals surface area contributed by atoms with Gasteiger partial charge in [-0.1, -0.05) is 6.07 Å². The van der Waals surface area contributed by atoms with Gasteiger partial charge in [-0.15, -0.1) is 0 Å². The van der Waals surface area contributed by atoms with Crippen molar-refractivity contribution in [3.8, 4) is 6.07 Å². The molecule has 5 heteroatoms. The fourth-order valence-corrected chi connectivity index (χ4v) is 1.67. The number of anilines is 2. The summed E-state index contributed by atoms with van der Waals surface area (Å²) in [5.74, 6) is -0.905. The Balaban J connectivity index is 2.40. The van der Waals surface area contributed by atoms with E-state index < -0.39 is 5.97 Å². The van der Waals surface area contributed by atoms with Gasteiger partial charge in [0.1, 0.15) is 12.6 Å². The Morgan fingerprint density at radius 1 is 1.67 bits per heavy atom. The molecule has 0 aliphatic carbocycles. The Morgan fingerprint density at radius 3 is 3.13 bits per heavy atom. The second kappa shape index (κ2) is 3.50. The first kappa shape index (κ1) is 9.34. The summed E-state index contributed by atoms with van der Waals surface area (Å²) < 4.78 is 0. The number of nitrogens with zero attached hydrogens (tertiary/aromatic N) is 2. The zero-order chi connectivity index (χ0) is 10.8. The molecule has 0 bridgehead atoms. The van der Waals surface area contributed by atoms with Gasteiger partial charge in [0.2, 0.25) is 0 Å². The summed E-state index contributed by atoms with van der Waals surface area (Å²) in [5, 5.41) is 20.7. The second-order valence-electron chi connectivity index (χ2n) is 3.24. The van der Waals surface area contributed by atoms with E-state index in [4.69, 9.17) is 10.4 Å². The van der Waals surface area contributed by atoms with Crippen LogP contribution in [-0.4, -0.2) is 24.3 Å². The third-order valence-corrected chi connectivity index (χ3v) is 2.26. The Morgan fingerprint density at radius 2 is 2.47 bits per heavy atom. The van der Waals surface area contributed by atoms with Gasteiger partial charge < -0.3 is 15.3 Å². The van der Waals surface area contributed by atoms with Crippen LogP contribution in [0.5, 0.6) is 0 Å². The topological polar surface area (TPSA) is 76.4 Å². The van der Waals surface area contributed by atoms with E-state index in [1.807, 2.05) is 6.07 Å². The molecule has 0 radical (unpaired) electrons. The number of para-hydroxylation sites is 1. The van der Waals surface area contributed by atoms with Crippen LogP contribution in [0.4, 0.5) is 11.4 Å². The van der Waals surface area contributed by atoms with Crippen LogP contribution >= 0.6 is 0 Å². The number of benzene rings is 1. The molecule has 1 aliphatic heterocycles. The average Bonchev–Trinajstić information content (AvgIpc) is 2.61. The van der Waals surface area contributed by atoms with E-state index in [9.17, 15) is 4.79 Å². The summed E-state index contributed by atoms with van der Waals surface area (Å²) in [4.78, 5) is 12.2. The second-order valence-corrected chi connectivity index (χ2v) is 3.24. The molecule has 76 valence electrons. The van der Waals surface area contributed by atoms with E-state index in [0.29, 0.717) is 17.9 Å². The van der Waals surface area contributed by atoms with Crippen LogP contribution in [-0.2, 0) is 4.79 Å². The molecule has 1 aliphatic rings. The highest BCUT2D eigenvalue weighted by Crippen LogP contribution is 2.33. The molecule has 1 heterocycles. The minimum Gasteiger partial charge on any atom is -0.480 e. The van der Waals surface area contributed by atoms with Gasteiger partial charge in [0.05, 0.1) is 23.6 Å². The smallest absolute Gasteiger partial charge is 0.323 e. The lowest BCUT2D eigenvalue weighted by atomic mass is 10.1. The molecule has 0 aromatic heterocycles. The van der Waals surface area contributed by atoms with Crippen molar-refractivity contribution in [2.75, 3.05) is 23.4 Å². The summed E-state index contributed by atoms with van der Waals surface area (Å²) in [6.07, 6.45) is 0. The molecule has 2 N–H and O–H groups in total. The van der Waals surface area contributed by atoms with Gasteiger partial charge in [-0.2, -0.15) is 5.26 Å². The summed E-state index contributed by atoms with van der Waals surface area (Å²) in [5.41, 5.74) is 2.00. The number of rotatable bonds is 2. The number of aliphatic carboxylic acids is 1. The average molecular weight is 203 g/mol. The van der Waals surface area contributed by atoms with E-state index in [-0.39, 0.29) is 6.54 Å². The number of hydrogen-bond donors (Lipinski definition) is 2. The van der Waals surface area contributed by atoms with Gasteiger partial charge in [-0.25, -0.2) is 0 Å². The van der Waals surface area contributed by atoms with Gasteiger partial charge in [0.25, 0.3) is 0 Å². The number of carboxylic acids is 1. The third kappa shape index (κ3) is 1.57. The summed E-state index contributed by atoms with van der Waals surface area (Å²) in [7, 11) is 0. The van der Waals surface area contributed by atoms with E-state index >= 15 is 0 Å². The maximum Gasteiger partial charge on any atom is 0.323 e. The van der Waals surface area contributed by atoms with Crippen molar-refractivity contribution in [2.24, 2.45) is 0 Å². The number of hydrogen-bond acceptors (Lipinski definition) is 4. The Hall–Kier alpha value is -2.22. The lowest BCUT2D eigenvalue weighted by Crippen LogP contribution is -2.29. The minimum absolute atomic E-state index is 0.0985. The lowest BCUT2D eigenvalue weighted by Gasteiger charge is -2.15. The Bertz CT molecular complexity index is 450. The van der Waals surface area contributed by atoms with E-state index in [1.54, 1.807) is 17.0 Å². The summed E-state index contributed by atoms with van der Waals surface area (Å²) in [6.45, 7) is 0.332. The van der Waals surface area contributed by atoms with Crippen molar-refractivity contribution >= 4 is 17.3 Å². The van der Waals surface area contributed by atoms with Gasteiger partial charge in [0, 0.05) is 0 Å². The Labute approximate surface area is 86.5 Å². The molecule has 1 aromatic carbocycles. The fraction of sp³-hybridized carbons (Fsp3) is 0.200. The molecule has 1 aromatic rings. The normalized spacial score (nSPS) is 12.9. The Kier molecular flexibility index (Phi) is 2.18. The zero-order valence-electron chi connectivity index (χ0n) is 7.90. The summed E-state index contributed by atoms with van der Waals surface area (Å²) >= 11 is 0. The largest absolute Gasteiger partial charge is 0.480 e. The van der Waals surface area contributed by atoms with Crippen molar-refractivity contribution in [2.45, 2.75) is 0 Å². The first-order valence-corrected chi connectivity index (χ1v) is 4.46. The van der Waals surface area contributed by atoms with Gasteiger partial charge in [0.15, 0.2) is 0 Å². The van der Waals surface area contributed by atoms with Crippen LogP contribution in [0.15, 0.2) is 18.2 Å². The van der Waals surface area contributed by atoms with Crippen molar-refractivity contribution in [3.63, 3.8) is 0 Å². The molecule has 15 heavy (non-hydrogen) atoms. The molecular weight excluding hydrogens is 194 g/mol. The van der Waals surface area contributed by atoms with Gasteiger partial charge in [-0.3, -0.25) is 4.79 Å². The van der Waals surface area contributed by atoms with Crippen LogP contribution in [0.2, 0.25) is 0 Å². The molecule has 2 rings (SSSR count). The predicted octanol–water partition coefficient (Wildman–Crippen LogP) is 0.832. The molecular formula is C10H9N3O2. The molecule has 0 saturated carbocycles. The maximum atomic E-state index is 10.6.